The lowest BCUT2D eigenvalue weighted by atomic mass is 9.87. The van der Waals surface area contributed by atoms with Gasteiger partial charge in [-0.05, 0) is 6.42 Å². The fourth-order valence-corrected chi connectivity index (χ4v) is 0.674. The Hall–Kier alpha value is -1.06. The highest BCUT2D eigenvalue weighted by atomic mass is 16.2. The lowest BCUT2D eigenvalue weighted by molar-refractivity contribution is -0.127. The minimum Gasteiger partial charge on any atom is -0.369 e. The molecule has 2 amide bonds. The summed E-state index contributed by atoms with van der Waals surface area (Å²) in [6, 6.07) is 0. The van der Waals surface area contributed by atoms with E-state index < -0.39 is 5.41 Å². The first-order valence-electron chi connectivity index (χ1n) is 3.90. The van der Waals surface area contributed by atoms with Crippen LogP contribution in [0.5, 0.6) is 0 Å². The molecule has 0 saturated carbocycles. The van der Waals surface area contributed by atoms with Crippen LogP contribution >= 0.6 is 0 Å². The Labute approximate surface area is 72.5 Å². The fraction of sp³-hybridized carbons (Fsp3) is 0.750. The number of amides is 2. The Morgan fingerprint density at radius 2 is 1.92 bits per heavy atom. The smallest absolute Gasteiger partial charge is 0.223 e. The SMILES string of the molecule is CNC(=O)CCC(C)(C)C(N)=O. The van der Waals surface area contributed by atoms with Gasteiger partial charge < -0.3 is 11.1 Å². The molecule has 0 fully saturated rings. The normalized spacial score (nSPS) is 10.9. The maximum Gasteiger partial charge on any atom is 0.223 e. The monoisotopic (exact) mass is 172 g/mol. The van der Waals surface area contributed by atoms with Crippen molar-refractivity contribution in [2.45, 2.75) is 26.7 Å². The molecular formula is C8H16N2O2. The van der Waals surface area contributed by atoms with E-state index in [1.54, 1.807) is 20.9 Å². The van der Waals surface area contributed by atoms with Crippen LogP contribution in [0.4, 0.5) is 0 Å². The third kappa shape index (κ3) is 3.37. The molecule has 0 spiro atoms. The first kappa shape index (κ1) is 10.9. The molecular weight excluding hydrogens is 156 g/mol. The largest absolute Gasteiger partial charge is 0.369 e. The van der Waals surface area contributed by atoms with Gasteiger partial charge in [-0.2, -0.15) is 0 Å². The van der Waals surface area contributed by atoms with E-state index in [-0.39, 0.29) is 11.8 Å². The van der Waals surface area contributed by atoms with Crippen LogP contribution in [0.25, 0.3) is 0 Å². The second-order valence-corrected chi connectivity index (χ2v) is 3.42. The topological polar surface area (TPSA) is 72.2 Å². The first-order chi connectivity index (χ1) is 5.40. The van der Waals surface area contributed by atoms with Gasteiger partial charge >= 0.3 is 0 Å². The molecule has 0 heterocycles. The van der Waals surface area contributed by atoms with Crippen LogP contribution in [0.1, 0.15) is 26.7 Å². The molecule has 0 unspecified atom stereocenters. The van der Waals surface area contributed by atoms with Crippen molar-refractivity contribution < 1.29 is 9.59 Å². The zero-order valence-electron chi connectivity index (χ0n) is 7.81. The van der Waals surface area contributed by atoms with Crippen molar-refractivity contribution in [2.24, 2.45) is 11.1 Å². The van der Waals surface area contributed by atoms with E-state index in [0.29, 0.717) is 12.8 Å². The average molecular weight is 172 g/mol. The standard InChI is InChI=1S/C8H16N2O2/c1-8(2,7(9)12)5-4-6(11)10-3/h4-5H2,1-3H3,(H2,9,12)(H,10,11). The van der Waals surface area contributed by atoms with Crippen molar-refractivity contribution in [1.82, 2.24) is 5.32 Å². The Morgan fingerprint density at radius 3 is 2.25 bits per heavy atom. The van der Waals surface area contributed by atoms with Crippen molar-refractivity contribution in [1.29, 1.82) is 0 Å². The molecule has 0 saturated heterocycles. The maximum absolute atomic E-state index is 10.8. The lowest BCUT2D eigenvalue weighted by Gasteiger charge is -2.19. The van der Waals surface area contributed by atoms with Gasteiger partial charge in [0.05, 0.1) is 0 Å². The van der Waals surface area contributed by atoms with Gasteiger partial charge in [0.25, 0.3) is 0 Å². The van der Waals surface area contributed by atoms with Crippen molar-refractivity contribution in [3.63, 3.8) is 0 Å². The Bertz CT molecular complexity index is 187. The zero-order chi connectivity index (χ0) is 9.78. The summed E-state index contributed by atoms with van der Waals surface area (Å²) in [5.41, 5.74) is 4.54. The predicted octanol–water partition coefficient (Wildman–Crippen LogP) is 0.0241. The van der Waals surface area contributed by atoms with Gasteiger partial charge in [0, 0.05) is 18.9 Å². The van der Waals surface area contributed by atoms with E-state index in [9.17, 15) is 9.59 Å². The number of nitrogens with two attached hydrogens (primary N) is 1. The highest BCUT2D eigenvalue weighted by molar-refractivity contribution is 5.81. The molecule has 0 aromatic rings. The molecule has 3 N–H and O–H groups in total. The summed E-state index contributed by atoms with van der Waals surface area (Å²) < 4.78 is 0. The van der Waals surface area contributed by atoms with Crippen molar-refractivity contribution in [3.8, 4) is 0 Å². The zero-order valence-corrected chi connectivity index (χ0v) is 7.81. The van der Waals surface area contributed by atoms with Gasteiger partial charge in [-0.15, -0.1) is 0 Å². The number of hydrogen-bond acceptors (Lipinski definition) is 2. The number of primary amides is 1. The second-order valence-electron chi connectivity index (χ2n) is 3.42. The molecule has 0 aliphatic carbocycles. The second kappa shape index (κ2) is 4.09. The average Bonchev–Trinajstić information content (AvgIpc) is 2.00. The molecule has 0 aromatic carbocycles. The van der Waals surface area contributed by atoms with Gasteiger partial charge in [0.2, 0.25) is 11.8 Å². The van der Waals surface area contributed by atoms with Crippen LogP contribution in [0, 0.1) is 5.41 Å². The number of carbonyl (C=O) groups excluding carboxylic acids is 2. The third-order valence-corrected chi connectivity index (χ3v) is 1.92. The van der Waals surface area contributed by atoms with Crippen LogP contribution in [0.15, 0.2) is 0 Å². The molecule has 70 valence electrons. The summed E-state index contributed by atoms with van der Waals surface area (Å²) in [7, 11) is 1.57. The van der Waals surface area contributed by atoms with Gasteiger partial charge in [-0.25, -0.2) is 0 Å². The number of rotatable bonds is 4. The van der Waals surface area contributed by atoms with Crippen molar-refractivity contribution in [2.75, 3.05) is 7.05 Å². The lowest BCUT2D eigenvalue weighted by Crippen LogP contribution is -2.33. The summed E-state index contributed by atoms with van der Waals surface area (Å²) >= 11 is 0. The minimum atomic E-state index is -0.591. The van der Waals surface area contributed by atoms with E-state index in [2.05, 4.69) is 5.32 Å². The Morgan fingerprint density at radius 1 is 1.42 bits per heavy atom. The molecule has 0 radical (unpaired) electrons. The number of nitrogens with one attached hydrogen (secondary N) is 1. The van der Waals surface area contributed by atoms with Crippen LogP contribution in [0.3, 0.4) is 0 Å². The molecule has 0 aliphatic heterocycles. The minimum absolute atomic E-state index is 0.0654. The summed E-state index contributed by atoms with van der Waals surface area (Å²) in [6.45, 7) is 3.47. The summed E-state index contributed by atoms with van der Waals surface area (Å²) in [5, 5.41) is 2.49. The van der Waals surface area contributed by atoms with Gasteiger partial charge in [-0.3, -0.25) is 9.59 Å². The van der Waals surface area contributed by atoms with Crippen LogP contribution in [-0.4, -0.2) is 18.9 Å². The van der Waals surface area contributed by atoms with Crippen molar-refractivity contribution >= 4 is 11.8 Å². The molecule has 0 aromatic heterocycles. The Balaban J connectivity index is 3.92. The molecule has 0 aliphatic rings. The summed E-state index contributed by atoms with van der Waals surface area (Å²) in [6.07, 6.45) is 0.828. The van der Waals surface area contributed by atoms with Crippen molar-refractivity contribution in [3.05, 3.63) is 0 Å². The van der Waals surface area contributed by atoms with Gasteiger partial charge in [-0.1, -0.05) is 13.8 Å². The predicted molar refractivity (Wildman–Crippen MR) is 46.3 cm³/mol. The molecule has 0 bridgehead atoms. The number of hydrogen-bond donors (Lipinski definition) is 2. The molecule has 12 heavy (non-hydrogen) atoms. The van der Waals surface area contributed by atoms with Gasteiger partial charge in [0.15, 0.2) is 0 Å². The van der Waals surface area contributed by atoms with E-state index >= 15 is 0 Å². The molecule has 0 rings (SSSR count). The molecule has 0 atom stereocenters. The van der Waals surface area contributed by atoms with Gasteiger partial charge in [0.1, 0.15) is 0 Å². The highest BCUT2D eigenvalue weighted by Crippen LogP contribution is 2.20. The quantitative estimate of drug-likeness (QED) is 0.627. The van der Waals surface area contributed by atoms with Crippen LogP contribution in [-0.2, 0) is 9.59 Å². The molecule has 4 heteroatoms. The summed E-state index contributed by atoms with van der Waals surface area (Å²) in [4.78, 5) is 21.6. The van der Waals surface area contributed by atoms with Crippen LogP contribution < -0.4 is 11.1 Å². The van der Waals surface area contributed by atoms with Crippen LogP contribution in [0.2, 0.25) is 0 Å². The number of carbonyl (C=O) groups is 2. The molecule has 4 nitrogen and oxygen atoms in total. The highest BCUT2D eigenvalue weighted by Gasteiger charge is 2.25. The Kier molecular flexibility index (Phi) is 3.73. The van der Waals surface area contributed by atoms with E-state index in [0.717, 1.165) is 0 Å². The van der Waals surface area contributed by atoms with E-state index in [1.807, 2.05) is 0 Å². The van der Waals surface area contributed by atoms with E-state index in [1.165, 1.54) is 0 Å². The summed E-state index contributed by atoms with van der Waals surface area (Å²) in [5.74, 6) is -0.435. The maximum atomic E-state index is 10.8. The first-order valence-corrected chi connectivity index (χ1v) is 3.90. The fourth-order valence-electron chi connectivity index (χ4n) is 0.674. The van der Waals surface area contributed by atoms with E-state index in [4.69, 9.17) is 5.73 Å². The third-order valence-electron chi connectivity index (χ3n) is 1.92.